The molecular weight excluding hydrogens is 388 g/mol. The van der Waals surface area contributed by atoms with Crippen LogP contribution in [0.15, 0.2) is 0 Å². The lowest BCUT2D eigenvalue weighted by Crippen LogP contribution is -2.73. The molecule has 0 unspecified atom stereocenters. The van der Waals surface area contributed by atoms with Gasteiger partial charge in [-0.05, 0) is 0 Å². The molecule has 0 aliphatic rings. The second kappa shape index (κ2) is 5.49. The third-order valence-electron chi connectivity index (χ3n) is 2.84. The van der Waals surface area contributed by atoms with Crippen molar-refractivity contribution in [2.75, 3.05) is 6.54 Å². The van der Waals surface area contributed by atoms with Gasteiger partial charge in [-0.2, -0.15) is 61.5 Å². The molecule has 0 aromatic carbocycles. The quantitative estimate of drug-likeness (QED) is 0.635. The minimum Gasteiger partial charge on any atom is -0.325 e. The lowest BCUT2D eigenvalue weighted by Gasteiger charge is -2.42. The Bertz CT molecular complexity index is 461. The molecule has 0 aliphatic carbocycles. The fourth-order valence-corrected chi connectivity index (χ4v) is 1.23. The average molecular weight is 395 g/mol. The minimum absolute atomic E-state index is 1.10. The second-order valence-electron chi connectivity index (χ2n) is 4.67. The topological polar surface area (TPSA) is 26.0 Å². The number of hydrogen-bond donors (Lipinski definition) is 1. The summed E-state index contributed by atoms with van der Waals surface area (Å²) < 4.78 is 179. The number of hydrogen-bond acceptors (Lipinski definition) is 1. The lowest BCUT2D eigenvalue weighted by molar-refractivity contribution is -0.439. The molecule has 0 amide bonds. The molecule has 0 fully saturated rings. The van der Waals surface area contributed by atoms with Gasteiger partial charge < -0.3 is 5.73 Å². The molecule has 2 N–H and O–H groups in total. The summed E-state index contributed by atoms with van der Waals surface area (Å²) in [6.45, 7) is -3.86. The smallest absolute Gasteiger partial charge is 0.325 e. The molecule has 0 rings (SSSR count). The first-order valence-electron chi connectivity index (χ1n) is 5.41. The zero-order chi connectivity index (χ0) is 20.2. The van der Waals surface area contributed by atoms with E-state index in [0.717, 1.165) is 0 Å². The summed E-state index contributed by atoms with van der Waals surface area (Å²) in [4.78, 5) is 0. The Labute approximate surface area is 123 Å². The van der Waals surface area contributed by atoms with Crippen molar-refractivity contribution in [2.24, 2.45) is 5.73 Å². The predicted molar refractivity (Wildman–Crippen MR) is 49.4 cm³/mol. The first kappa shape index (κ1) is 23.0. The van der Waals surface area contributed by atoms with Gasteiger partial charge in [0.05, 0.1) is 6.54 Å². The molecule has 0 bridgehead atoms. The maximum atomic E-state index is 13.0. The van der Waals surface area contributed by atoms with Gasteiger partial charge in [0.25, 0.3) is 0 Å². The van der Waals surface area contributed by atoms with Crippen LogP contribution in [-0.4, -0.2) is 48.0 Å². The van der Waals surface area contributed by atoms with Crippen molar-refractivity contribution in [1.29, 1.82) is 0 Å². The highest BCUT2D eigenvalue weighted by Gasteiger charge is 2.92. The third-order valence-corrected chi connectivity index (χ3v) is 2.84. The highest BCUT2D eigenvalue weighted by Crippen LogP contribution is 2.61. The highest BCUT2D eigenvalue weighted by atomic mass is 19.4. The molecule has 0 aliphatic heterocycles. The molecule has 0 atom stereocenters. The molecule has 0 aromatic rings. The normalized spacial score (nSPS) is 16.5. The van der Waals surface area contributed by atoms with Crippen molar-refractivity contribution >= 4 is 0 Å². The molecule has 0 radical (unpaired) electrons. The maximum Gasteiger partial charge on any atom is 0.384 e. The standard InChI is InChI=1S/C9H7F14N/c1-3(10,11)5(14,15)7(18,19)9(22,23)8(20,21)6(16,17)4(12,13)2-24/h2,24H2,1H3. The van der Waals surface area contributed by atoms with E-state index in [2.05, 4.69) is 5.73 Å². The summed E-state index contributed by atoms with van der Waals surface area (Å²) in [6.07, 6.45) is 0. The summed E-state index contributed by atoms with van der Waals surface area (Å²) in [5.41, 5.74) is 3.93. The Balaban J connectivity index is 6.42. The van der Waals surface area contributed by atoms with Crippen molar-refractivity contribution in [3.05, 3.63) is 0 Å². The van der Waals surface area contributed by atoms with Crippen LogP contribution in [0.3, 0.4) is 0 Å². The average Bonchev–Trinajstić information content (AvgIpc) is 2.36. The van der Waals surface area contributed by atoms with Gasteiger partial charge >= 0.3 is 41.5 Å². The Morgan fingerprint density at radius 3 is 1.00 bits per heavy atom. The SMILES string of the molecule is CC(F)(F)C(F)(F)C(F)(F)C(F)(F)C(F)(F)C(F)(F)C(F)(F)CN. The molecule has 1 nitrogen and oxygen atoms in total. The van der Waals surface area contributed by atoms with Gasteiger partial charge in [0, 0.05) is 6.92 Å². The van der Waals surface area contributed by atoms with Gasteiger partial charge in [0.15, 0.2) is 0 Å². The van der Waals surface area contributed by atoms with Crippen LogP contribution in [0.25, 0.3) is 0 Å². The highest BCUT2D eigenvalue weighted by molar-refractivity contribution is 5.13. The molecule has 15 heteroatoms. The van der Waals surface area contributed by atoms with E-state index >= 15 is 0 Å². The maximum absolute atomic E-state index is 13.0. The van der Waals surface area contributed by atoms with E-state index in [4.69, 9.17) is 0 Å². The summed E-state index contributed by atoms with van der Waals surface area (Å²) in [5, 5.41) is 0. The van der Waals surface area contributed by atoms with E-state index in [1.54, 1.807) is 0 Å². The summed E-state index contributed by atoms with van der Waals surface area (Å²) in [6, 6.07) is 0. The van der Waals surface area contributed by atoms with Crippen LogP contribution < -0.4 is 5.73 Å². The van der Waals surface area contributed by atoms with Crippen LogP contribution in [0.4, 0.5) is 61.5 Å². The summed E-state index contributed by atoms with van der Waals surface area (Å²) in [7, 11) is 0. The van der Waals surface area contributed by atoms with Crippen LogP contribution in [0.1, 0.15) is 6.92 Å². The Kier molecular flexibility index (Phi) is 5.26. The number of alkyl halides is 14. The molecule has 0 saturated heterocycles. The van der Waals surface area contributed by atoms with Crippen LogP contribution in [0.2, 0.25) is 0 Å². The molecule has 24 heavy (non-hydrogen) atoms. The zero-order valence-electron chi connectivity index (χ0n) is 11.1. The van der Waals surface area contributed by atoms with Crippen molar-refractivity contribution in [1.82, 2.24) is 0 Å². The van der Waals surface area contributed by atoms with Gasteiger partial charge in [0.1, 0.15) is 0 Å². The van der Waals surface area contributed by atoms with Crippen LogP contribution in [0.5, 0.6) is 0 Å². The largest absolute Gasteiger partial charge is 0.384 e. The van der Waals surface area contributed by atoms with E-state index in [1.807, 2.05) is 0 Å². The number of nitrogens with two attached hydrogens (primary N) is 1. The van der Waals surface area contributed by atoms with Crippen molar-refractivity contribution in [3.63, 3.8) is 0 Å². The van der Waals surface area contributed by atoms with Gasteiger partial charge in [-0.3, -0.25) is 0 Å². The minimum atomic E-state index is -8.01. The van der Waals surface area contributed by atoms with Gasteiger partial charge in [-0.15, -0.1) is 0 Å². The molecule has 0 saturated carbocycles. The first-order valence-corrected chi connectivity index (χ1v) is 5.41. The number of rotatable bonds is 7. The Morgan fingerprint density at radius 2 is 0.750 bits per heavy atom. The second-order valence-corrected chi connectivity index (χ2v) is 4.67. The van der Waals surface area contributed by atoms with Crippen LogP contribution >= 0.6 is 0 Å². The van der Waals surface area contributed by atoms with E-state index in [0.29, 0.717) is 0 Å². The lowest BCUT2D eigenvalue weighted by atomic mass is 9.89. The van der Waals surface area contributed by atoms with Crippen LogP contribution in [0, 0.1) is 0 Å². The van der Waals surface area contributed by atoms with Gasteiger partial charge in [-0.1, -0.05) is 0 Å². The van der Waals surface area contributed by atoms with E-state index in [9.17, 15) is 61.5 Å². The molecule has 0 aromatic heterocycles. The predicted octanol–water partition coefficient (Wildman–Crippen LogP) is 4.41. The van der Waals surface area contributed by atoms with Crippen LogP contribution in [-0.2, 0) is 0 Å². The number of halogens is 14. The zero-order valence-corrected chi connectivity index (χ0v) is 11.1. The molecule has 0 heterocycles. The first-order chi connectivity index (χ1) is 10.1. The summed E-state index contributed by atoms with van der Waals surface area (Å²) >= 11 is 0. The Hall–Kier alpha value is -1.02. The molecular formula is C9H7F14N. The van der Waals surface area contributed by atoms with Gasteiger partial charge in [-0.25, -0.2) is 0 Å². The van der Waals surface area contributed by atoms with Crippen molar-refractivity contribution in [2.45, 2.75) is 48.4 Å². The Morgan fingerprint density at radius 1 is 0.500 bits per heavy atom. The fourth-order valence-electron chi connectivity index (χ4n) is 1.23. The molecule has 146 valence electrons. The third kappa shape index (κ3) is 2.67. The fraction of sp³-hybridized carbons (Fsp3) is 1.00. The summed E-state index contributed by atoms with van der Waals surface area (Å²) in [5.74, 6) is -50.7. The molecule has 0 spiro atoms. The van der Waals surface area contributed by atoms with Crippen molar-refractivity contribution in [3.8, 4) is 0 Å². The van der Waals surface area contributed by atoms with E-state index < -0.39 is 54.9 Å². The van der Waals surface area contributed by atoms with Crippen molar-refractivity contribution < 1.29 is 61.5 Å². The van der Waals surface area contributed by atoms with Gasteiger partial charge in [0.2, 0.25) is 0 Å². The van der Waals surface area contributed by atoms with E-state index in [-0.39, 0.29) is 0 Å². The monoisotopic (exact) mass is 395 g/mol. The van der Waals surface area contributed by atoms with E-state index in [1.165, 1.54) is 0 Å².